The summed E-state index contributed by atoms with van der Waals surface area (Å²) in [7, 11) is 1.49. The van der Waals surface area contributed by atoms with E-state index in [9.17, 15) is 14.0 Å². The molecule has 0 bridgehead atoms. The van der Waals surface area contributed by atoms with E-state index in [2.05, 4.69) is 22.6 Å². The van der Waals surface area contributed by atoms with Crippen molar-refractivity contribution in [2.75, 3.05) is 20.3 Å². The third-order valence-corrected chi connectivity index (χ3v) is 7.82. The van der Waals surface area contributed by atoms with Crippen molar-refractivity contribution >= 4 is 63.2 Å². The predicted molar refractivity (Wildman–Crippen MR) is 156 cm³/mol. The number of thioether (sulfide) groups is 1. The van der Waals surface area contributed by atoms with Crippen molar-refractivity contribution in [1.29, 1.82) is 0 Å². The summed E-state index contributed by atoms with van der Waals surface area (Å²) in [5.41, 5.74) is 2.95. The molecular formula is C28H24ClFINO5S. The fourth-order valence-electron chi connectivity index (χ4n) is 3.73. The quantitative estimate of drug-likeness (QED) is 0.175. The molecule has 1 saturated heterocycles. The molecule has 0 aromatic heterocycles. The van der Waals surface area contributed by atoms with Gasteiger partial charge in [-0.2, -0.15) is 0 Å². The van der Waals surface area contributed by atoms with Crippen LogP contribution in [-0.4, -0.2) is 36.3 Å². The summed E-state index contributed by atoms with van der Waals surface area (Å²) < 4.78 is 32.0. The van der Waals surface area contributed by atoms with Crippen LogP contribution in [-0.2, 0) is 11.4 Å². The summed E-state index contributed by atoms with van der Waals surface area (Å²) >= 11 is 9.06. The summed E-state index contributed by atoms with van der Waals surface area (Å²) in [5, 5.41) is -0.0834. The largest absolute Gasteiger partial charge is 0.493 e. The van der Waals surface area contributed by atoms with Gasteiger partial charge >= 0.3 is 0 Å². The van der Waals surface area contributed by atoms with Crippen molar-refractivity contribution in [3.8, 4) is 17.2 Å². The first-order chi connectivity index (χ1) is 18.2. The summed E-state index contributed by atoms with van der Waals surface area (Å²) in [6.45, 7) is 4.17. The lowest BCUT2D eigenvalue weighted by atomic mass is 10.1. The molecule has 1 aliphatic rings. The van der Waals surface area contributed by atoms with Gasteiger partial charge in [-0.05, 0) is 101 Å². The molecule has 0 saturated carbocycles. The van der Waals surface area contributed by atoms with Crippen LogP contribution in [0.15, 0.2) is 53.4 Å². The number of hydrogen-bond donors (Lipinski definition) is 0. The Bertz CT molecular complexity index is 1410. The zero-order chi connectivity index (χ0) is 27.4. The maximum Gasteiger partial charge on any atom is 0.293 e. The Morgan fingerprint density at radius 2 is 1.87 bits per heavy atom. The minimum atomic E-state index is -0.460. The molecule has 1 aliphatic heterocycles. The van der Waals surface area contributed by atoms with Gasteiger partial charge in [0.05, 0.1) is 27.2 Å². The Balaban J connectivity index is 1.46. The number of hydrogen-bond acceptors (Lipinski definition) is 6. The molecule has 0 N–H and O–H groups in total. The standard InChI is InChI=1S/C28H24ClFINO5S/c1-16-7-8-17(2)23(11-16)36-10-9-32-27(33)25(38-28(32)34)14-18-12-22(31)26(24(13-18)35-3)37-15-19-20(29)5-4-6-21(19)30/h4-8,11-14H,9-10,15H2,1-3H3/b25-14-. The fraction of sp³-hybridized carbons (Fsp3) is 0.214. The molecule has 2 amide bonds. The van der Waals surface area contributed by atoms with Gasteiger partial charge in [0.15, 0.2) is 11.5 Å². The van der Waals surface area contributed by atoms with Gasteiger partial charge in [-0.3, -0.25) is 14.5 Å². The summed E-state index contributed by atoms with van der Waals surface area (Å²) in [6, 6.07) is 13.8. The average Bonchev–Trinajstić information content (AvgIpc) is 3.13. The Hall–Kier alpha value is -2.76. The molecule has 3 aromatic carbocycles. The lowest BCUT2D eigenvalue weighted by Crippen LogP contribution is -2.32. The van der Waals surface area contributed by atoms with E-state index in [-0.39, 0.29) is 41.5 Å². The molecule has 198 valence electrons. The molecule has 0 aliphatic carbocycles. The summed E-state index contributed by atoms with van der Waals surface area (Å²) in [5.74, 6) is 0.707. The van der Waals surface area contributed by atoms with Crippen LogP contribution in [0.1, 0.15) is 22.3 Å². The first-order valence-electron chi connectivity index (χ1n) is 11.6. The highest BCUT2D eigenvalue weighted by atomic mass is 127. The van der Waals surface area contributed by atoms with E-state index in [1.807, 2.05) is 32.0 Å². The normalized spacial score (nSPS) is 14.4. The van der Waals surface area contributed by atoms with Crippen molar-refractivity contribution in [1.82, 2.24) is 4.90 Å². The monoisotopic (exact) mass is 667 g/mol. The van der Waals surface area contributed by atoms with Crippen LogP contribution >= 0.6 is 46.0 Å². The second-order valence-electron chi connectivity index (χ2n) is 8.47. The number of halogens is 3. The van der Waals surface area contributed by atoms with E-state index < -0.39 is 5.82 Å². The summed E-state index contributed by atoms with van der Waals surface area (Å²) in [6.07, 6.45) is 1.64. The topological polar surface area (TPSA) is 65.1 Å². The molecule has 6 nitrogen and oxygen atoms in total. The van der Waals surface area contributed by atoms with Crippen LogP contribution in [0.5, 0.6) is 17.2 Å². The molecule has 0 unspecified atom stereocenters. The first-order valence-corrected chi connectivity index (χ1v) is 13.8. The predicted octanol–water partition coefficient (Wildman–Crippen LogP) is 7.40. The molecule has 0 radical (unpaired) electrons. The number of imide groups is 1. The van der Waals surface area contributed by atoms with E-state index in [0.29, 0.717) is 25.5 Å². The van der Waals surface area contributed by atoms with Gasteiger partial charge in [-0.1, -0.05) is 29.8 Å². The number of amides is 2. The maximum atomic E-state index is 14.1. The molecule has 0 spiro atoms. The minimum Gasteiger partial charge on any atom is -0.493 e. The molecule has 4 rings (SSSR count). The van der Waals surface area contributed by atoms with Crippen molar-refractivity contribution in [2.45, 2.75) is 20.5 Å². The zero-order valence-electron chi connectivity index (χ0n) is 20.8. The van der Waals surface area contributed by atoms with Crippen LogP contribution in [0.3, 0.4) is 0 Å². The second-order valence-corrected chi connectivity index (χ2v) is 11.0. The molecule has 10 heteroatoms. The third kappa shape index (κ3) is 6.44. The Morgan fingerprint density at radius 3 is 2.61 bits per heavy atom. The van der Waals surface area contributed by atoms with Crippen LogP contribution in [0.2, 0.25) is 5.02 Å². The zero-order valence-corrected chi connectivity index (χ0v) is 24.6. The molecule has 3 aromatic rings. The Morgan fingerprint density at radius 1 is 1.08 bits per heavy atom. The van der Waals surface area contributed by atoms with E-state index in [1.54, 1.807) is 24.3 Å². The molecule has 1 heterocycles. The van der Waals surface area contributed by atoms with E-state index in [1.165, 1.54) is 24.1 Å². The van der Waals surface area contributed by atoms with Crippen LogP contribution in [0.25, 0.3) is 6.08 Å². The number of nitrogens with zero attached hydrogens (tertiary/aromatic N) is 1. The highest BCUT2D eigenvalue weighted by Crippen LogP contribution is 2.38. The lowest BCUT2D eigenvalue weighted by molar-refractivity contribution is -0.123. The molecule has 38 heavy (non-hydrogen) atoms. The van der Waals surface area contributed by atoms with Gasteiger partial charge in [0.1, 0.15) is 24.8 Å². The van der Waals surface area contributed by atoms with Crippen LogP contribution in [0, 0.1) is 23.2 Å². The summed E-state index contributed by atoms with van der Waals surface area (Å²) in [4.78, 5) is 27.0. The number of methoxy groups -OCH3 is 1. The van der Waals surface area contributed by atoms with E-state index in [0.717, 1.165) is 28.6 Å². The third-order valence-electron chi connectivity index (χ3n) is 5.76. The van der Waals surface area contributed by atoms with Gasteiger partial charge in [0.25, 0.3) is 11.1 Å². The molecular weight excluding hydrogens is 644 g/mol. The van der Waals surface area contributed by atoms with Crippen molar-refractivity contribution in [3.63, 3.8) is 0 Å². The van der Waals surface area contributed by atoms with Gasteiger partial charge in [0, 0.05) is 5.56 Å². The van der Waals surface area contributed by atoms with Gasteiger partial charge < -0.3 is 14.2 Å². The van der Waals surface area contributed by atoms with Gasteiger partial charge in [0.2, 0.25) is 0 Å². The average molecular weight is 668 g/mol. The van der Waals surface area contributed by atoms with E-state index in [4.69, 9.17) is 25.8 Å². The van der Waals surface area contributed by atoms with Crippen molar-refractivity contribution < 1.29 is 28.2 Å². The number of benzene rings is 3. The number of carbonyl (C=O) groups excluding carboxylic acids is 2. The Kier molecular flexibility index (Phi) is 9.22. The lowest BCUT2D eigenvalue weighted by Gasteiger charge is -2.15. The molecule has 0 atom stereocenters. The van der Waals surface area contributed by atoms with Crippen molar-refractivity contribution in [2.24, 2.45) is 0 Å². The number of rotatable bonds is 9. The smallest absolute Gasteiger partial charge is 0.293 e. The number of ether oxygens (including phenoxy) is 3. The minimum absolute atomic E-state index is 0.0831. The maximum absolute atomic E-state index is 14.1. The first kappa shape index (κ1) is 28.3. The highest BCUT2D eigenvalue weighted by molar-refractivity contribution is 14.1. The molecule has 1 fully saturated rings. The van der Waals surface area contributed by atoms with Crippen molar-refractivity contribution in [3.05, 3.63) is 90.1 Å². The van der Waals surface area contributed by atoms with Gasteiger partial charge in [-0.25, -0.2) is 4.39 Å². The van der Waals surface area contributed by atoms with Gasteiger partial charge in [-0.15, -0.1) is 0 Å². The Labute approximate surface area is 243 Å². The SMILES string of the molecule is COc1cc(/C=C2\SC(=O)N(CCOc3cc(C)ccc3C)C2=O)cc(I)c1OCc1c(F)cccc1Cl. The fourth-order valence-corrected chi connectivity index (χ4v) is 5.60. The van der Waals surface area contributed by atoms with Crippen LogP contribution < -0.4 is 14.2 Å². The number of aryl methyl sites for hydroxylation is 2. The van der Waals surface area contributed by atoms with Crippen LogP contribution in [0.4, 0.5) is 9.18 Å². The van der Waals surface area contributed by atoms with E-state index >= 15 is 0 Å². The number of carbonyl (C=O) groups is 2. The second kappa shape index (κ2) is 12.4. The highest BCUT2D eigenvalue weighted by Gasteiger charge is 2.35.